The van der Waals surface area contributed by atoms with Gasteiger partial charge in [0.25, 0.3) is 0 Å². The van der Waals surface area contributed by atoms with Gasteiger partial charge >= 0.3 is 11.9 Å². The summed E-state index contributed by atoms with van der Waals surface area (Å²) in [5.41, 5.74) is 0.781. The summed E-state index contributed by atoms with van der Waals surface area (Å²) in [5, 5.41) is 10.2. The van der Waals surface area contributed by atoms with Crippen molar-refractivity contribution >= 4 is 40.7 Å². The second-order valence-corrected chi connectivity index (χ2v) is 5.58. The van der Waals surface area contributed by atoms with Gasteiger partial charge in [-0.1, -0.05) is 59.6 Å². The summed E-state index contributed by atoms with van der Waals surface area (Å²) in [6.45, 7) is 1.68. The SMILES string of the molecule is CCOC(=O)/C(C(=O)O)=C(/c1ccccc1)c1ccc(Cl)c(Cl)c1. The first-order chi connectivity index (χ1) is 11.5. The van der Waals surface area contributed by atoms with Gasteiger partial charge in [-0.3, -0.25) is 0 Å². The fourth-order valence-corrected chi connectivity index (χ4v) is 2.51. The van der Waals surface area contributed by atoms with Crippen LogP contribution in [0.3, 0.4) is 0 Å². The quantitative estimate of drug-likeness (QED) is 0.368. The van der Waals surface area contributed by atoms with E-state index in [1.165, 1.54) is 6.07 Å². The Hall–Kier alpha value is -2.30. The normalized spacial score (nSPS) is 11.6. The van der Waals surface area contributed by atoms with Gasteiger partial charge in [0.1, 0.15) is 0 Å². The van der Waals surface area contributed by atoms with Crippen LogP contribution >= 0.6 is 23.2 Å². The topological polar surface area (TPSA) is 63.6 Å². The van der Waals surface area contributed by atoms with Crippen molar-refractivity contribution in [3.05, 3.63) is 75.3 Å². The molecule has 0 aromatic heterocycles. The maximum atomic E-state index is 12.2. The first-order valence-electron chi connectivity index (χ1n) is 7.11. The largest absolute Gasteiger partial charge is 0.477 e. The summed E-state index contributed by atoms with van der Waals surface area (Å²) in [5.74, 6) is -2.28. The van der Waals surface area contributed by atoms with Crippen molar-refractivity contribution in [1.29, 1.82) is 0 Å². The van der Waals surface area contributed by atoms with Gasteiger partial charge in [0.15, 0.2) is 5.57 Å². The molecule has 0 unspecified atom stereocenters. The molecule has 2 rings (SSSR count). The lowest BCUT2D eigenvalue weighted by Gasteiger charge is -2.13. The van der Waals surface area contributed by atoms with E-state index >= 15 is 0 Å². The van der Waals surface area contributed by atoms with Gasteiger partial charge in [-0.25, -0.2) is 9.59 Å². The zero-order valence-corrected chi connectivity index (χ0v) is 14.3. The number of esters is 1. The van der Waals surface area contributed by atoms with E-state index in [0.717, 1.165) is 0 Å². The molecular formula is C18H14Cl2O4. The Morgan fingerprint density at radius 3 is 2.21 bits per heavy atom. The number of ether oxygens (including phenoxy) is 1. The zero-order chi connectivity index (χ0) is 17.7. The van der Waals surface area contributed by atoms with Crippen LogP contribution in [0.25, 0.3) is 5.57 Å². The van der Waals surface area contributed by atoms with E-state index in [2.05, 4.69) is 0 Å². The molecule has 0 fully saturated rings. The Kier molecular flexibility index (Phi) is 6.01. The summed E-state index contributed by atoms with van der Waals surface area (Å²) >= 11 is 12.0. The molecule has 0 aliphatic heterocycles. The highest BCUT2D eigenvalue weighted by atomic mass is 35.5. The second-order valence-electron chi connectivity index (χ2n) is 4.77. The molecule has 4 nitrogen and oxygen atoms in total. The van der Waals surface area contributed by atoms with E-state index in [0.29, 0.717) is 16.1 Å². The van der Waals surface area contributed by atoms with Crippen LogP contribution in [0.1, 0.15) is 18.1 Å². The molecule has 0 aliphatic rings. The van der Waals surface area contributed by atoms with Gasteiger partial charge in [-0.15, -0.1) is 0 Å². The standard InChI is InChI=1S/C18H14Cl2O4/c1-2-24-18(23)16(17(21)22)15(11-6-4-3-5-7-11)12-8-9-13(19)14(20)10-12/h3-10H,2H2,1H3,(H,21,22)/b16-15-. The number of hydrogen-bond acceptors (Lipinski definition) is 3. The molecule has 2 aromatic carbocycles. The molecule has 0 saturated carbocycles. The summed E-state index contributed by atoms with van der Waals surface area (Å²) < 4.78 is 4.91. The smallest absolute Gasteiger partial charge is 0.346 e. The third kappa shape index (κ3) is 3.96. The number of carboxylic acids is 1. The maximum absolute atomic E-state index is 12.2. The molecule has 24 heavy (non-hydrogen) atoms. The lowest BCUT2D eigenvalue weighted by atomic mass is 9.93. The average Bonchev–Trinajstić information content (AvgIpc) is 2.55. The first kappa shape index (κ1) is 18.0. The van der Waals surface area contributed by atoms with Crippen molar-refractivity contribution in [3.8, 4) is 0 Å². The third-order valence-electron chi connectivity index (χ3n) is 3.21. The lowest BCUT2D eigenvalue weighted by Crippen LogP contribution is -2.18. The Balaban J connectivity index is 2.78. The monoisotopic (exact) mass is 364 g/mol. The van der Waals surface area contributed by atoms with Crippen molar-refractivity contribution < 1.29 is 19.4 Å². The van der Waals surface area contributed by atoms with Crippen LogP contribution in [0.4, 0.5) is 0 Å². The minimum atomic E-state index is -1.38. The van der Waals surface area contributed by atoms with Gasteiger partial charge in [0, 0.05) is 5.57 Å². The van der Waals surface area contributed by atoms with Crippen molar-refractivity contribution in [2.24, 2.45) is 0 Å². The van der Waals surface area contributed by atoms with Crippen LogP contribution in [-0.2, 0) is 14.3 Å². The van der Waals surface area contributed by atoms with Gasteiger partial charge in [0.05, 0.1) is 16.7 Å². The molecular weight excluding hydrogens is 351 g/mol. The Labute approximate surface area is 149 Å². The Morgan fingerprint density at radius 2 is 1.67 bits per heavy atom. The van der Waals surface area contributed by atoms with Gasteiger partial charge in [0.2, 0.25) is 0 Å². The van der Waals surface area contributed by atoms with Gasteiger partial charge < -0.3 is 9.84 Å². The fraction of sp³-hybridized carbons (Fsp3) is 0.111. The molecule has 1 N–H and O–H groups in total. The van der Waals surface area contributed by atoms with E-state index in [-0.39, 0.29) is 17.2 Å². The minimum absolute atomic E-state index is 0.0685. The molecule has 0 saturated heterocycles. The first-order valence-corrected chi connectivity index (χ1v) is 7.86. The molecule has 0 amide bonds. The highest BCUT2D eigenvalue weighted by Gasteiger charge is 2.26. The Morgan fingerprint density at radius 1 is 1.00 bits per heavy atom. The molecule has 0 atom stereocenters. The van der Waals surface area contributed by atoms with Crippen LogP contribution in [0.5, 0.6) is 0 Å². The van der Waals surface area contributed by atoms with Gasteiger partial charge in [-0.05, 0) is 30.2 Å². The van der Waals surface area contributed by atoms with Crippen molar-refractivity contribution in [1.82, 2.24) is 0 Å². The van der Waals surface area contributed by atoms with Crippen LogP contribution < -0.4 is 0 Å². The van der Waals surface area contributed by atoms with E-state index in [1.54, 1.807) is 49.4 Å². The highest BCUT2D eigenvalue weighted by Crippen LogP contribution is 2.32. The van der Waals surface area contributed by atoms with E-state index in [4.69, 9.17) is 27.9 Å². The molecule has 0 heterocycles. The highest BCUT2D eigenvalue weighted by molar-refractivity contribution is 6.42. The zero-order valence-electron chi connectivity index (χ0n) is 12.8. The summed E-state index contributed by atoms with van der Waals surface area (Å²) in [6, 6.07) is 13.4. The average molecular weight is 365 g/mol. The van der Waals surface area contributed by atoms with Crippen molar-refractivity contribution in [2.45, 2.75) is 6.92 Å². The fourth-order valence-electron chi connectivity index (χ4n) is 2.21. The third-order valence-corrected chi connectivity index (χ3v) is 3.95. The van der Waals surface area contributed by atoms with Crippen LogP contribution in [0, 0.1) is 0 Å². The number of halogens is 2. The molecule has 2 aromatic rings. The summed E-state index contributed by atoms with van der Waals surface area (Å²) in [4.78, 5) is 23.9. The molecule has 0 radical (unpaired) electrons. The molecule has 0 bridgehead atoms. The Bertz CT molecular complexity index is 798. The molecule has 6 heteroatoms. The molecule has 0 aliphatic carbocycles. The van der Waals surface area contributed by atoms with E-state index < -0.39 is 17.5 Å². The lowest BCUT2D eigenvalue weighted by molar-refractivity contribution is -0.143. The number of carboxylic acid groups (broad SMARTS) is 1. The number of hydrogen-bond donors (Lipinski definition) is 1. The number of aliphatic carboxylic acids is 1. The number of benzene rings is 2. The predicted octanol–water partition coefficient (Wildman–Crippen LogP) is 4.44. The van der Waals surface area contributed by atoms with Crippen LogP contribution in [-0.4, -0.2) is 23.7 Å². The predicted molar refractivity (Wildman–Crippen MR) is 93.2 cm³/mol. The van der Waals surface area contributed by atoms with E-state index in [9.17, 15) is 14.7 Å². The number of carbonyl (C=O) groups excluding carboxylic acids is 1. The number of rotatable bonds is 5. The molecule has 0 spiro atoms. The summed E-state index contributed by atoms with van der Waals surface area (Å²) in [6.07, 6.45) is 0. The molecule has 124 valence electrons. The second kappa shape index (κ2) is 7.99. The maximum Gasteiger partial charge on any atom is 0.346 e. The van der Waals surface area contributed by atoms with Crippen LogP contribution in [0.2, 0.25) is 10.0 Å². The minimum Gasteiger partial charge on any atom is -0.477 e. The number of carbonyl (C=O) groups is 2. The van der Waals surface area contributed by atoms with Crippen molar-refractivity contribution in [3.63, 3.8) is 0 Å². The van der Waals surface area contributed by atoms with Gasteiger partial charge in [-0.2, -0.15) is 0 Å². The summed E-state index contributed by atoms with van der Waals surface area (Å²) in [7, 11) is 0. The van der Waals surface area contributed by atoms with E-state index in [1.807, 2.05) is 0 Å². The van der Waals surface area contributed by atoms with Crippen molar-refractivity contribution in [2.75, 3.05) is 6.61 Å². The van der Waals surface area contributed by atoms with Crippen LogP contribution in [0.15, 0.2) is 54.1 Å².